The molecular formula is C12H16BrClN2O3. The number of nitrogens with zero attached hydrogens (tertiary/aromatic N) is 2. The van der Waals surface area contributed by atoms with E-state index in [0.29, 0.717) is 36.3 Å². The van der Waals surface area contributed by atoms with Crippen molar-refractivity contribution < 1.29 is 14.3 Å². The molecular weight excluding hydrogens is 336 g/mol. The molecule has 0 saturated heterocycles. The predicted octanol–water partition coefficient (Wildman–Crippen LogP) is 2.23. The summed E-state index contributed by atoms with van der Waals surface area (Å²) in [7, 11) is 3.18. The first kappa shape index (κ1) is 16.4. The molecule has 0 aromatic carbocycles. The van der Waals surface area contributed by atoms with Gasteiger partial charge in [-0.2, -0.15) is 0 Å². The summed E-state index contributed by atoms with van der Waals surface area (Å²) in [5.74, 6) is -0.187. The Bertz CT molecular complexity index is 423. The van der Waals surface area contributed by atoms with Crippen LogP contribution < -0.4 is 0 Å². The molecule has 106 valence electrons. The lowest BCUT2D eigenvalue weighted by Gasteiger charge is -2.22. The second-order valence-corrected chi connectivity index (χ2v) is 5.04. The lowest BCUT2D eigenvalue weighted by atomic mass is 10.2. The van der Waals surface area contributed by atoms with Crippen LogP contribution in [0.1, 0.15) is 10.4 Å². The lowest BCUT2D eigenvalue weighted by Crippen LogP contribution is -2.36. The van der Waals surface area contributed by atoms with Gasteiger partial charge >= 0.3 is 0 Å². The number of halogens is 2. The molecule has 1 heterocycles. The van der Waals surface area contributed by atoms with Crippen molar-refractivity contribution in [2.75, 3.05) is 40.5 Å². The molecule has 0 saturated carbocycles. The minimum absolute atomic E-state index is 0.187. The van der Waals surface area contributed by atoms with Crippen LogP contribution >= 0.6 is 27.5 Å². The van der Waals surface area contributed by atoms with Gasteiger partial charge in [-0.3, -0.25) is 4.79 Å². The molecule has 19 heavy (non-hydrogen) atoms. The van der Waals surface area contributed by atoms with E-state index < -0.39 is 0 Å². The maximum atomic E-state index is 12.4. The van der Waals surface area contributed by atoms with Gasteiger partial charge in [0.05, 0.1) is 18.8 Å². The van der Waals surface area contributed by atoms with E-state index in [1.807, 2.05) is 0 Å². The normalized spacial score (nSPS) is 10.5. The summed E-state index contributed by atoms with van der Waals surface area (Å²) >= 11 is 9.24. The monoisotopic (exact) mass is 350 g/mol. The fraction of sp³-hybridized carbons (Fsp3) is 0.500. The van der Waals surface area contributed by atoms with Crippen LogP contribution in [0.15, 0.2) is 16.7 Å². The molecule has 0 bridgehead atoms. The highest BCUT2D eigenvalue weighted by molar-refractivity contribution is 9.10. The van der Waals surface area contributed by atoms with Crippen LogP contribution in [0.3, 0.4) is 0 Å². The van der Waals surface area contributed by atoms with E-state index in [2.05, 4.69) is 20.9 Å². The second-order valence-electron chi connectivity index (χ2n) is 3.77. The summed E-state index contributed by atoms with van der Waals surface area (Å²) in [5, 5.41) is 0.188. The van der Waals surface area contributed by atoms with E-state index in [0.717, 1.165) is 0 Å². The van der Waals surface area contributed by atoms with Gasteiger partial charge in [-0.25, -0.2) is 4.98 Å². The van der Waals surface area contributed by atoms with Crippen LogP contribution in [0.5, 0.6) is 0 Å². The van der Waals surface area contributed by atoms with Crippen LogP contribution in [0, 0.1) is 0 Å². The van der Waals surface area contributed by atoms with E-state index >= 15 is 0 Å². The van der Waals surface area contributed by atoms with E-state index in [4.69, 9.17) is 21.1 Å². The molecule has 0 aliphatic carbocycles. The number of ether oxygens (including phenoxy) is 2. The van der Waals surface area contributed by atoms with Crippen LogP contribution in [0.2, 0.25) is 5.15 Å². The van der Waals surface area contributed by atoms with Gasteiger partial charge in [0.15, 0.2) is 0 Å². The fourth-order valence-corrected chi connectivity index (χ4v) is 1.98. The van der Waals surface area contributed by atoms with E-state index in [1.165, 1.54) is 0 Å². The Morgan fingerprint density at radius 1 is 1.37 bits per heavy atom. The van der Waals surface area contributed by atoms with Crippen molar-refractivity contribution in [2.24, 2.45) is 0 Å². The van der Waals surface area contributed by atoms with Crippen molar-refractivity contribution in [3.8, 4) is 0 Å². The molecule has 0 aliphatic rings. The summed E-state index contributed by atoms with van der Waals surface area (Å²) in [6.45, 7) is 1.85. The van der Waals surface area contributed by atoms with Crippen molar-refractivity contribution in [1.29, 1.82) is 0 Å². The Labute approximate surface area is 126 Å². The first-order valence-electron chi connectivity index (χ1n) is 5.68. The van der Waals surface area contributed by atoms with Gasteiger partial charge in [-0.05, 0) is 22.0 Å². The molecule has 0 aliphatic heterocycles. The third-order valence-corrected chi connectivity index (χ3v) is 3.19. The minimum Gasteiger partial charge on any atom is -0.383 e. The molecule has 5 nitrogen and oxygen atoms in total. The van der Waals surface area contributed by atoms with E-state index in [-0.39, 0.29) is 11.1 Å². The van der Waals surface area contributed by atoms with Crippen molar-refractivity contribution in [2.45, 2.75) is 0 Å². The van der Waals surface area contributed by atoms with Gasteiger partial charge in [0.1, 0.15) is 5.15 Å². The summed E-state index contributed by atoms with van der Waals surface area (Å²) in [6, 6.07) is 1.66. The number of methoxy groups -OCH3 is 2. The molecule has 1 aromatic rings. The van der Waals surface area contributed by atoms with Crippen LogP contribution in [0.4, 0.5) is 0 Å². The van der Waals surface area contributed by atoms with Gasteiger partial charge in [0, 0.05) is 38.0 Å². The summed E-state index contributed by atoms with van der Waals surface area (Å²) in [6.07, 6.45) is 1.55. The zero-order valence-corrected chi connectivity index (χ0v) is 13.2. The third kappa shape index (κ3) is 5.06. The molecule has 0 radical (unpaired) electrons. The molecule has 1 amide bonds. The zero-order valence-electron chi connectivity index (χ0n) is 10.9. The van der Waals surface area contributed by atoms with Crippen LogP contribution in [-0.2, 0) is 9.47 Å². The molecule has 7 heteroatoms. The summed E-state index contributed by atoms with van der Waals surface area (Å²) < 4.78 is 10.7. The molecule has 0 unspecified atom stereocenters. The van der Waals surface area contributed by atoms with Gasteiger partial charge < -0.3 is 14.4 Å². The van der Waals surface area contributed by atoms with Gasteiger partial charge in [-0.1, -0.05) is 11.6 Å². The highest BCUT2D eigenvalue weighted by atomic mass is 79.9. The van der Waals surface area contributed by atoms with Crippen molar-refractivity contribution in [3.63, 3.8) is 0 Å². The average molecular weight is 352 g/mol. The van der Waals surface area contributed by atoms with Crippen molar-refractivity contribution in [3.05, 3.63) is 27.5 Å². The van der Waals surface area contributed by atoms with E-state index in [9.17, 15) is 4.79 Å². The molecule has 0 N–H and O–H groups in total. The average Bonchev–Trinajstić information content (AvgIpc) is 2.41. The number of hydrogen-bond donors (Lipinski definition) is 0. The number of pyridine rings is 1. The number of amides is 1. The second kappa shape index (κ2) is 8.47. The number of carbonyl (C=O) groups excluding carboxylic acids is 1. The topological polar surface area (TPSA) is 51.7 Å². The highest BCUT2D eigenvalue weighted by Crippen LogP contribution is 2.19. The largest absolute Gasteiger partial charge is 0.383 e. The number of hydrogen-bond acceptors (Lipinski definition) is 4. The maximum absolute atomic E-state index is 12.4. The number of rotatable bonds is 7. The highest BCUT2D eigenvalue weighted by Gasteiger charge is 2.19. The van der Waals surface area contributed by atoms with Gasteiger partial charge in [-0.15, -0.1) is 0 Å². The van der Waals surface area contributed by atoms with Crippen LogP contribution in [0.25, 0.3) is 0 Å². The maximum Gasteiger partial charge on any atom is 0.257 e. The zero-order chi connectivity index (χ0) is 14.3. The Morgan fingerprint density at radius 2 is 1.95 bits per heavy atom. The Hall–Kier alpha value is -0.690. The summed E-state index contributed by atoms with van der Waals surface area (Å²) in [5.41, 5.74) is 0.364. The first-order chi connectivity index (χ1) is 9.10. The lowest BCUT2D eigenvalue weighted by molar-refractivity contribution is 0.0627. The van der Waals surface area contributed by atoms with Crippen LogP contribution in [-0.4, -0.2) is 56.3 Å². The molecule has 1 rings (SSSR count). The Balaban J connectivity index is 2.87. The molecule has 1 aromatic heterocycles. The number of carbonyl (C=O) groups is 1. The third-order valence-electron chi connectivity index (χ3n) is 2.45. The Kier molecular flexibility index (Phi) is 7.30. The minimum atomic E-state index is -0.187. The van der Waals surface area contributed by atoms with Gasteiger partial charge in [0.2, 0.25) is 0 Å². The quantitative estimate of drug-likeness (QED) is 0.707. The number of aromatic nitrogens is 1. The smallest absolute Gasteiger partial charge is 0.257 e. The first-order valence-corrected chi connectivity index (χ1v) is 6.85. The molecule has 0 fully saturated rings. The Morgan fingerprint density at radius 3 is 2.47 bits per heavy atom. The fourth-order valence-electron chi connectivity index (χ4n) is 1.46. The van der Waals surface area contributed by atoms with E-state index in [1.54, 1.807) is 31.4 Å². The molecule has 0 atom stereocenters. The molecule has 0 spiro atoms. The SMILES string of the molecule is COCCN(CCOC)C(=O)c1cc(Br)cnc1Cl. The van der Waals surface area contributed by atoms with Crippen molar-refractivity contribution >= 4 is 33.4 Å². The summed E-state index contributed by atoms with van der Waals surface area (Å²) in [4.78, 5) is 18.0. The van der Waals surface area contributed by atoms with Crippen molar-refractivity contribution in [1.82, 2.24) is 9.88 Å². The standard InChI is InChI=1S/C12H16BrClN2O3/c1-18-5-3-16(4-6-19-2)12(17)10-7-9(13)8-15-11(10)14/h7-8H,3-6H2,1-2H3. The van der Waals surface area contributed by atoms with Gasteiger partial charge in [0.25, 0.3) is 5.91 Å². The predicted molar refractivity (Wildman–Crippen MR) is 76.6 cm³/mol.